The molecule has 0 amide bonds. The molecule has 5 rings (SSSR count). The summed E-state index contributed by atoms with van der Waals surface area (Å²) in [6.07, 6.45) is 8.03. The molecule has 0 aromatic carbocycles. The van der Waals surface area contributed by atoms with E-state index in [2.05, 4.69) is 29.8 Å². The summed E-state index contributed by atoms with van der Waals surface area (Å²) in [7, 11) is 0. The molecular weight excluding hydrogens is 410 g/mol. The van der Waals surface area contributed by atoms with E-state index in [1.165, 1.54) is 5.56 Å². The van der Waals surface area contributed by atoms with Crippen LogP contribution in [-0.2, 0) is 0 Å². The number of aromatic nitrogens is 4. The average Bonchev–Trinajstić information content (AvgIpc) is 3.14. The molecule has 0 saturated carbocycles. The molecule has 4 aromatic heterocycles. The lowest BCUT2D eigenvalue weighted by molar-refractivity contribution is 0.172. The van der Waals surface area contributed by atoms with Gasteiger partial charge in [-0.25, -0.2) is 9.97 Å². The maximum absolute atomic E-state index is 13.0. The van der Waals surface area contributed by atoms with E-state index in [4.69, 9.17) is 16.6 Å². The Morgan fingerprint density at radius 3 is 2.58 bits per heavy atom. The molecule has 160 valence electrons. The first-order chi connectivity index (χ1) is 14.9. The highest BCUT2D eigenvalue weighted by atomic mass is 35.5. The molecule has 5 heterocycles. The van der Waals surface area contributed by atoms with Crippen molar-refractivity contribution in [2.45, 2.75) is 45.6 Å². The number of pyridine rings is 2. The molecule has 1 aliphatic rings. The SMILES string of the molecule is Cc1cn2cc(-c3cc(=O)n4cc(C5CCN(C(C)C)CC5)ccc4n3)cc(Cl)c2n1. The number of imidazole rings is 1. The maximum atomic E-state index is 13.0. The van der Waals surface area contributed by atoms with Crippen molar-refractivity contribution in [3.8, 4) is 11.3 Å². The third kappa shape index (κ3) is 3.75. The number of rotatable bonds is 3. The van der Waals surface area contributed by atoms with E-state index in [1.807, 2.05) is 42.0 Å². The van der Waals surface area contributed by atoms with Crippen LogP contribution in [-0.4, -0.2) is 42.8 Å². The molecule has 1 aliphatic heterocycles. The predicted molar refractivity (Wildman–Crippen MR) is 124 cm³/mol. The molecule has 0 radical (unpaired) electrons. The molecule has 0 bridgehead atoms. The van der Waals surface area contributed by atoms with Gasteiger partial charge < -0.3 is 9.30 Å². The summed E-state index contributed by atoms with van der Waals surface area (Å²) in [6.45, 7) is 8.62. The highest BCUT2D eigenvalue weighted by Gasteiger charge is 2.22. The Labute approximate surface area is 186 Å². The van der Waals surface area contributed by atoms with Crippen molar-refractivity contribution in [1.82, 2.24) is 23.7 Å². The Bertz CT molecular complexity index is 1330. The highest BCUT2D eigenvalue weighted by molar-refractivity contribution is 6.33. The number of halogens is 1. The lowest BCUT2D eigenvalue weighted by atomic mass is 9.90. The van der Waals surface area contributed by atoms with Crippen LogP contribution in [0.3, 0.4) is 0 Å². The van der Waals surface area contributed by atoms with E-state index in [0.717, 1.165) is 37.2 Å². The fourth-order valence-corrected chi connectivity index (χ4v) is 4.83. The van der Waals surface area contributed by atoms with Gasteiger partial charge in [0.1, 0.15) is 5.65 Å². The standard InChI is InChI=1S/C24H26ClN5O/c1-15(2)28-8-6-17(7-9-28)18-4-5-22-27-21(11-23(31)30(22)14-18)19-10-20(25)24-26-16(3)12-29(24)13-19/h4-5,10-15,17H,6-9H2,1-3H3. The normalized spacial score (nSPS) is 16.0. The van der Waals surface area contributed by atoms with Crippen molar-refractivity contribution >= 4 is 22.9 Å². The summed E-state index contributed by atoms with van der Waals surface area (Å²) >= 11 is 6.42. The first-order valence-corrected chi connectivity index (χ1v) is 11.2. The molecule has 0 atom stereocenters. The third-order valence-corrected chi connectivity index (χ3v) is 6.61. The van der Waals surface area contributed by atoms with E-state index >= 15 is 0 Å². The second-order valence-corrected chi connectivity index (χ2v) is 9.17. The highest BCUT2D eigenvalue weighted by Crippen LogP contribution is 2.29. The van der Waals surface area contributed by atoms with Crippen molar-refractivity contribution in [3.05, 3.63) is 69.5 Å². The number of fused-ring (bicyclic) bond motifs is 2. The van der Waals surface area contributed by atoms with Gasteiger partial charge >= 0.3 is 0 Å². The zero-order valence-electron chi connectivity index (χ0n) is 18.0. The van der Waals surface area contributed by atoms with Crippen LogP contribution in [0, 0.1) is 6.92 Å². The van der Waals surface area contributed by atoms with Crippen LogP contribution in [0.4, 0.5) is 0 Å². The van der Waals surface area contributed by atoms with Crippen molar-refractivity contribution < 1.29 is 0 Å². The molecule has 6 nitrogen and oxygen atoms in total. The van der Waals surface area contributed by atoms with Crippen molar-refractivity contribution in [3.63, 3.8) is 0 Å². The number of piperidine rings is 1. The minimum Gasteiger partial charge on any atom is -0.305 e. The second kappa shape index (κ2) is 7.77. The summed E-state index contributed by atoms with van der Waals surface area (Å²) in [6, 6.07) is 8.06. The second-order valence-electron chi connectivity index (χ2n) is 8.76. The predicted octanol–water partition coefficient (Wildman–Crippen LogP) is 4.56. The Hall–Kier alpha value is -2.70. The van der Waals surface area contributed by atoms with Crippen molar-refractivity contribution in [2.24, 2.45) is 0 Å². The number of hydrogen-bond donors (Lipinski definition) is 0. The van der Waals surface area contributed by atoms with Crippen LogP contribution >= 0.6 is 11.6 Å². The Morgan fingerprint density at radius 1 is 1.06 bits per heavy atom. The van der Waals surface area contributed by atoms with E-state index in [0.29, 0.717) is 34.0 Å². The van der Waals surface area contributed by atoms with Crippen LogP contribution < -0.4 is 5.56 Å². The fraction of sp³-hybridized carbons (Fsp3) is 0.375. The lowest BCUT2D eigenvalue weighted by Gasteiger charge is -2.34. The Balaban J connectivity index is 1.50. The zero-order chi connectivity index (χ0) is 21.7. The molecule has 0 N–H and O–H groups in total. The average molecular weight is 436 g/mol. The molecule has 4 aromatic rings. The zero-order valence-corrected chi connectivity index (χ0v) is 18.8. The van der Waals surface area contributed by atoms with Gasteiger partial charge in [0, 0.05) is 36.3 Å². The molecular formula is C24H26ClN5O. The van der Waals surface area contributed by atoms with Crippen LogP contribution in [0.1, 0.15) is 43.9 Å². The molecule has 7 heteroatoms. The lowest BCUT2D eigenvalue weighted by Crippen LogP contribution is -2.37. The minimum absolute atomic E-state index is 0.0838. The number of nitrogens with zero attached hydrogens (tertiary/aromatic N) is 5. The first-order valence-electron chi connectivity index (χ1n) is 10.8. The largest absolute Gasteiger partial charge is 0.305 e. The topological polar surface area (TPSA) is 54.9 Å². The first kappa shape index (κ1) is 20.2. The summed E-state index contributed by atoms with van der Waals surface area (Å²) in [5, 5.41) is 0.538. The summed E-state index contributed by atoms with van der Waals surface area (Å²) in [4.78, 5) is 24.6. The van der Waals surface area contributed by atoms with Crippen LogP contribution in [0.2, 0.25) is 5.02 Å². The van der Waals surface area contributed by atoms with Crippen LogP contribution in [0.5, 0.6) is 0 Å². The van der Waals surface area contributed by atoms with Crippen molar-refractivity contribution in [1.29, 1.82) is 0 Å². The minimum atomic E-state index is -0.0838. The van der Waals surface area contributed by atoms with Gasteiger partial charge in [-0.05, 0) is 70.3 Å². The molecule has 0 unspecified atom stereocenters. The van der Waals surface area contributed by atoms with Crippen molar-refractivity contribution in [2.75, 3.05) is 13.1 Å². The van der Waals surface area contributed by atoms with Gasteiger partial charge in [-0.2, -0.15) is 0 Å². The monoisotopic (exact) mass is 435 g/mol. The van der Waals surface area contributed by atoms with E-state index in [-0.39, 0.29) is 5.56 Å². The third-order valence-electron chi connectivity index (χ3n) is 6.34. The van der Waals surface area contributed by atoms with Gasteiger partial charge in [0.05, 0.1) is 16.4 Å². The number of aryl methyl sites for hydroxylation is 1. The van der Waals surface area contributed by atoms with Gasteiger partial charge in [0.15, 0.2) is 5.65 Å². The van der Waals surface area contributed by atoms with Gasteiger partial charge in [-0.15, -0.1) is 0 Å². The quantitative estimate of drug-likeness (QED) is 0.473. The number of hydrogen-bond acceptors (Lipinski definition) is 4. The van der Waals surface area contributed by atoms with Gasteiger partial charge in [-0.3, -0.25) is 9.20 Å². The van der Waals surface area contributed by atoms with E-state index in [1.54, 1.807) is 10.5 Å². The molecule has 1 fully saturated rings. The fourth-order valence-electron chi connectivity index (χ4n) is 4.58. The molecule has 0 aliphatic carbocycles. The van der Waals surface area contributed by atoms with Crippen LogP contribution in [0.25, 0.3) is 22.6 Å². The van der Waals surface area contributed by atoms with Gasteiger partial charge in [0.25, 0.3) is 5.56 Å². The smallest absolute Gasteiger partial charge is 0.258 e. The summed E-state index contributed by atoms with van der Waals surface area (Å²) < 4.78 is 3.54. The summed E-state index contributed by atoms with van der Waals surface area (Å²) in [5.74, 6) is 0.483. The molecule has 0 spiro atoms. The van der Waals surface area contributed by atoms with Gasteiger partial charge in [0.2, 0.25) is 0 Å². The maximum Gasteiger partial charge on any atom is 0.258 e. The Kier molecular flexibility index (Phi) is 5.07. The molecule has 31 heavy (non-hydrogen) atoms. The number of likely N-dealkylation sites (tertiary alicyclic amines) is 1. The molecule has 1 saturated heterocycles. The Morgan fingerprint density at radius 2 is 1.84 bits per heavy atom. The summed E-state index contributed by atoms with van der Waals surface area (Å²) in [5.41, 5.74) is 4.76. The van der Waals surface area contributed by atoms with E-state index in [9.17, 15) is 4.79 Å². The van der Waals surface area contributed by atoms with E-state index < -0.39 is 0 Å². The van der Waals surface area contributed by atoms with Crippen LogP contribution in [0.15, 0.2) is 47.7 Å². The van der Waals surface area contributed by atoms with Gasteiger partial charge in [-0.1, -0.05) is 17.7 Å².